The molecule has 2 N–H and O–H groups in total. The van der Waals surface area contributed by atoms with Gasteiger partial charge in [-0.15, -0.1) is 0 Å². The third-order valence-electron chi connectivity index (χ3n) is 3.58. The van der Waals surface area contributed by atoms with E-state index < -0.39 is 5.54 Å². The van der Waals surface area contributed by atoms with E-state index in [4.69, 9.17) is 0 Å². The fraction of sp³-hybridized carbons (Fsp3) is 0.833. The average Bonchev–Trinajstić information content (AvgIpc) is 2.96. The number of carbonyl (C=O) groups is 2. The molecule has 1 aliphatic heterocycles. The van der Waals surface area contributed by atoms with Crippen molar-refractivity contribution in [3.63, 3.8) is 0 Å². The first kappa shape index (κ1) is 11.4. The normalized spacial score (nSPS) is 34.9. The molecule has 2 atom stereocenters. The molecule has 0 radical (unpaired) electrons. The van der Waals surface area contributed by atoms with Crippen LogP contribution in [0, 0.1) is 11.8 Å². The quantitative estimate of drug-likeness (QED) is 0.745. The predicted molar refractivity (Wildman–Crippen MR) is 60.7 cm³/mol. The Hall–Kier alpha value is -1.06. The van der Waals surface area contributed by atoms with Crippen molar-refractivity contribution in [2.24, 2.45) is 11.8 Å². The third kappa shape index (κ3) is 1.93. The largest absolute Gasteiger partial charge is 0.342 e. The molecule has 1 aliphatic carbocycles. The van der Waals surface area contributed by atoms with E-state index >= 15 is 0 Å². The lowest BCUT2D eigenvalue weighted by Gasteiger charge is -2.38. The van der Waals surface area contributed by atoms with E-state index in [1.807, 2.05) is 20.8 Å². The summed E-state index contributed by atoms with van der Waals surface area (Å²) in [5, 5.41) is 5.77. The predicted octanol–water partition coefficient (Wildman–Crippen LogP) is 0.816. The summed E-state index contributed by atoms with van der Waals surface area (Å²) >= 11 is 0. The minimum absolute atomic E-state index is 0.0137. The highest BCUT2D eigenvalue weighted by Crippen LogP contribution is 2.40. The molecular formula is C12H20N2O2. The number of carbonyl (C=O) groups excluding carboxylic acids is 2. The van der Waals surface area contributed by atoms with E-state index in [1.54, 1.807) is 0 Å². The number of nitrogens with one attached hydrogen (secondary N) is 2. The lowest BCUT2D eigenvalue weighted by molar-refractivity contribution is -0.142. The zero-order valence-corrected chi connectivity index (χ0v) is 10.2. The van der Waals surface area contributed by atoms with Crippen LogP contribution >= 0.6 is 0 Å². The van der Waals surface area contributed by atoms with E-state index in [1.165, 1.54) is 0 Å². The van der Waals surface area contributed by atoms with Crippen molar-refractivity contribution in [3.8, 4) is 0 Å². The summed E-state index contributed by atoms with van der Waals surface area (Å²) in [4.78, 5) is 23.9. The SMILES string of the molecule is CC(C)CC1NC(=O)C(C)(C2CC2)NC1=O. The van der Waals surface area contributed by atoms with Gasteiger partial charge in [0.25, 0.3) is 0 Å². The first-order valence-corrected chi connectivity index (χ1v) is 6.06. The summed E-state index contributed by atoms with van der Waals surface area (Å²) in [7, 11) is 0. The van der Waals surface area contributed by atoms with Crippen molar-refractivity contribution in [1.29, 1.82) is 0 Å². The molecule has 4 nitrogen and oxygen atoms in total. The topological polar surface area (TPSA) is 58.2 Å². The van der Waals surface area contributed by atoms with Gasteiger partial charge >= 0.3 is 0 Å². The van der Waals surface area contributed by atoms with Crippen LogP contribution in [0.1, 0.15) is 40.0 Å². The number of amides is 2. The van der Waals surface area contributed by atoms with Crippen molar-refractivity contribution in [2.45, 2.75) is 51.6 Å². The standard InChI is InChI=1S/C12H20N2O2/c1-7(2)6-9-10(15)14-12(3,8-4-5-8)11(16)13-9/h7-9H,4-6H2,1-3H3,(H,13,16)(H,14,15). The molecule has 16 heavy (non-hydrogen) atoms. The molecule has 2 rings (SSSR count). The Labute approximate surface area is 96.2 Å². The molecule has 4 heteroatoms. The molecule has 0 bridgehead atoms. The second-order valence-corrected chi connectivity index (χ2v) is 5.62. The van der Waals surface area contributed by atoms with Gasteiger partial charge in [0, 0.05) is 0 Å². The molecule has 1 saturated heterocycles. The van der Waals surface area contributed by atoms with Gasteiger partial charge < -0.3 is 10.6 Å². The molecule has 2 fully saturated rings. The first-order chi connectivity index (χ1) is 7.43. The highest BCUT2D eigenvalue weighted by atomic mass is 16.2. The van der Waals surface area contributed by atoms with Crippen LogP contribution in [0.2, 0.25) is 0 Å². The molecule has 90 valence electrons. The molecule has 0 aromatic rings. The molecule has 1 saturated carbocycles. The van der Waals surface area contributed by atoms with E-state index in [0.29, 0.717) is 18.3 Å². The van der Waals surface area contributed by atoms with Crippen LogP contribution in [0.15, 0.2) is 0 Å². The minimum Gasteiger partial charge on any atom is -0.342 e. The van der Waals surface area contributed by atoms with Crippen LogP contribution in [0.25, 0.3) is 0 Å². The van der Waals surface area contributed by atoms with Gasteiger partial charge in [0.1, 0.15) is 11.6 Å². The van der Waals surface area contributed by atoms with E-state index in [9.17, 15) is 9.59 Å². The van der Waals surface area contributed by atoms with Crippen molar-refractivity contribution in [1.82, 2.24) is 10.6 Å². The van der Waals surface area contributed by atoms with E-state index in [-0.39, 0.29) is 17.9 Å². The van der Waals surface area contributed by atoms with Gasteiger partial charge in [-0.05, 0) is 38.0 Å². The lowest BCUT2D eigenvalue weighted by Crippen LogP contribution is -2.69. The monoisotopic (exact) mass is 224 g/mol. The van der Waals surface area contributed by atoms with Crippen molar-refractivity contribution in [3.05, 3.63) is 0 Å². The molecular weight excluding hydrogens is 204 g/mol. The third-order valence-corrected chi connectivity index (χ3v) is 3.58. The van der Waals surface area contributed by atoms with Crippen molar-refractivity contribution >= 4 is 11.8 Å². The zero-order valence-electron chi connectivity index (χ0n) is 10.2. The maximum atomic E-state index is 12.0. The van der Waals surface area contributed by atoms with Crippen LogP contribution in [0.4, 0.5) is 0 Å². The Morgan fingerprint density at radius 2 is 2.00 bits per heavy atom. The summed E-state index contributed by atoms with van der Waals surface area (Å²) in [6.45, 7) is 5.94. The summed E-state index contributed by atoms with van der Waals surface area (Å²) in [5.41, 5.74) is -0.662. The fourth-order valence-electron chi connectivity index (χ4n) is 2.36. The van der Waals surface area contributed by atoms with Crippen LogP contribution in [0.3, 0.4) is 0 Å². The summed E-state index contributed by atoms with van der Waals surface area (Å²) in [5.74, 6) is 0.695. The highest BCUT2D eigenvalue weighted by Gasteiger charge is 2.52. The first-order valence-electron chi connectivity index (χ1n) is 6.06. The Bertz CT molecular complexity index is 323. The Morgan fingerprint density at radius 1 is 1.38 bits per heavy atom. The molecule has 2 unspecified atom stereocenters. The van der Waals surface area contributed by atoms with Crippen LogP contribution < -0.4 is 10.6 Å². The second kappa shape index (κ2) is 3.75. The van der Waals surface area contributed by atoms with Crippen LogP contribution in [-0.2, 0) is 9.59 Å². The van der Waals surface area contributed by atoms with Gasteiger partial charge in [0.2, 0.25) is 11.8 Å². The minimum atomic E-state index is -0.662. The number of rotatable bonds is 3. The Kier molecular flexibility index (Phi) is 2.68. The summed E-state index contributed by atoms with van der Waals surface area (Å²) in [6, 6.07) is -0.348. The lowest BCUT2D eigenvalue weighted by atomic mass is 9.89. The highest BCUT2D eigenvalue weighted by molar-refractivity contribution is 6.00. The van der Waals surface area contributed by atoms with Gasteiger partial charge in [0.15, 0.2) is 0 Å². The Balaban J connectivity index is 2.06. The van der Waals surface area contributed by atoms with Crippen LogP contribution in [0.5, 0.6) is 0 Å². The average molecular weight is 224 g/mol. The molecule has 0 aromatic heterocycles. The van der Waals surface area contributed by atoms with Crippen molar-refractivity contribution < 1.29 is 9.59 Å². The molecule has 2 amide bonds. The maximum absolute atomic E-state index is 12.0. The van der Waals surface area contributed by atoms with Gasteiger partial charge in [0.05, 0.1) is 0 Å². The molecule has 0 spiro atoms. The van der Waals surface area contributed by atoms with Gasteiger partial charge in [-0.25, -0.2) is 0 Å². The second-order valence-electron chi connectivity index (χ2n) is 5.62. The number of hydrogen-bond donors (Lipinski definition) is 2. The molecule has 1 heterocycles. The Morgan fingerprint density at radius 3 is 2.50 bits per heavy atom. The van der Waals surface area contributed by atoms with Gasteiger partial charge in [-0.3, -0.25) is 9.59 Å². The maximum Gasteiger partial charge on any atom is 0.246 e. The molecule has 0 aromatic carbocycles. The number of piperazine rings is 1. The summed E-state index contributed by atoms with van der Waals surface area (Å²) in [6.07, 6.45) is 2.79. The van der Waals surface area contributed by atoms with E-state index in [0.717, 1.165) is 12.8 Å². The zero-order chi connectivity index (χ0) is 11.9. The van der Waals surface area contributed by atoms with Crippen molar-refractivity contribution in [2.75, 3.05) is 0 Å². The van der Waals surface area contributed by atoms with E-state index in [2.05, 4.69) is 10.6 Å². The number of hydrogen-bond acceptors (Lipinski definition) is 2. The summed E-state index contributed by atoms with van der Waals surface area (Å²) < 4.78 is 0. The smallest absolute Gasteiger partial charge is 0.246 e. The fourth-order valence-corrected chi connectivity index (χ4v) is 2.36. The van der Waals surface area contributed by atoms with Crippen LogP contribution in [-0.4, -0.2) is 23.4 Å². The van der Waals surface area contributed by atoms with Gasteiger partial charge in [-0.1, -0.05) is 13.8 Å². The molecule has 2 aliphatic rings. The van der Waals surface area contributed by atoms with Gasteiger partial charge in [-0.2, -0.15) is 0 Å².